The van der Waals surface area contributed by atoms with Gasteiger partial charge in [-0.25, -0.2) is 0 Å². The molecule has 1 amide bonds. The molecule has 0 saturated carbocycles. The lowest BCUT2D eigenvalue weighted by Crippen LogP contribution is -2.42. The molecule has 0 unspecified atom stereocenters. The minimum absolute atomic E-state index is 0.0466. The quantitative estimate of drug-likeness (QED) is 0.859. The number of carbonyl (C=O) groups is 2. The molecule has 1 saturated heterocycles. The molecule has 0 aromatic heterocycles. The highest BCUT2D eigenvalue weighted by molar-refractivity contribution is 5.81. The fourth-order valence-electron chi connectivity index (χ4n) is 2.21. The summed E-state index contributed by atoms with van der Waals surface area (Å²) in [6.07, 6.45) is 2.01. The van der Waals surface area contributed by atoms with Crippen LogP contribution < -0.4 is 5.32 Å². The minimum atomic E-state index is 0.0466. The lowest BCUT2D eigenvalue weighted by Gasteiger charge is -2.24. The fourth-order valence-corrected chi connectivity index (χ4v) is 2.21. The number of Topliss-reactive ketones (excluding diaryl/α,β-unsaturated/α-hetero) is 1. The molecular weight excluding hydrogens is 240 g/mol. The van der Waals surface area contributed by atoms with Gasteiger partial charge in [0.05, 0.1) is 6.54 Å². The number of nitrogens with one attached hydrogen (secondary N) is 1. The Labute approximate surface area is 113 Å². The van der Waals surface area contributed by atoms with Crippen LogP contribution in [0.25, 0.3) is 0 Å². The first-order valence-electron chi connectivity index (χ1n) is 6.79. The van der Waals surface area contributed by atoms with E-state index in [-0.39, 0.29) is 5.91 Å². The summed E-state index contributed by atoms with van der Waals surface area (Å²) in [5.74, 6) is 0.353. The van der Waals surface area contributed by atoms with Crippen LogP contribution in [-0.2, 0) is 16.0 Å². The average Bonchev–Trinajstić information content (AvgIpc) is 2.43. The number of hydrogen-bond donors (Lipinski definition) is 1. The zero-order valence-corrected chi connectivity index (χ0v) is 11.1. The van der Waals surface area contributed by atoms with Gasteiger partial charge in [-0.2, -0.15) is 0 Å². The Hall–Kier alpha value is -1.68. The van der Waals surface area contributed by atoms with E-state index < -0.39 is 0 Å². The lowest BCUT2D eigenvalue weighted by molar-refractivity contribution is -0.126. The normalized spacial score (nSPS) is 16.3. The number of likely N-dealkylation sites (tertiary alicyclic amines) is 1. The molecule has 0 radical (unpaired) electrons. The first-order valence-corrected chi connectivity index (χ1v) is 6.79. The molecule has 19 heavy (non-hydrogen) atoms. The topological polar surface area (TPSA) is 49.4 Å². The van der Waals surface area contributed by atoms with E-state index in [4.69, 9.17) is 0 Å². The van der Waals surface area contributed by atoms with Crippen molar-refractivity contribution >= 4 is 11.7 Å². The monoisotopic (exact) mass is 260 g/mol. The molecule has 102 valence electrons. The van der Waals surface area contributed by atoms with Gasteiger partial charge in [-0.05, 0) is 12.0 Å². The summed E-state index contributed by atoms with van der Waals surface area (Å²) in [6.45, 7) is 2.49. The van der Waals surface area contributed by atoms with Gasteiger partial charge in [-0.1, -0.05) is 30.3 Å². The maximum absolute atomic E-state index is 11.7. The summed E-state index contributed by atoms with van der Waals surface area (Å²) in [7, 11) is 0. The smallest absolute Gasteiger partial charge is 0.234 e. The molecule has 1 aromatic carbocycles. The van der Waals surface area contributed by atoms with E-state index in [1.54, 1.807) is 0 Å². The molecule has 1 N–H and O–H groups in total. The highest BCUT2D eigenvalue weighted by atomic mass is 16.2. The highest BCUT2D eigenvalue weighted by Crippen LogP contribution is 2.04. The molecule has 0 atom stereocenters. The largest absolute Gasteiger partial charge is 0.355 e. The van der Waals surface area contributed by atoms with Crippen LogP contribution >= 0.6 is 0 Å². The Morgan fingerprint density at radius 1 is 1.16 bits per heavy atom. The third-order valence-corrected chi connectivity index (χ3v) is 3.36. The van der Waals surface area contributed by atoms with Crippen LogP contribution in [0.5, 0.6) is 0 Å². The third kappa shape index (κ3) is 4.83. The van der Waals surface area contributed by atoms with Crippen molar-refractivity contribution in [2.75, 3.05) is 26.2 Å². The van der Waals surface area contributed by atoms with Crippen LogP contribution in [-0.4, -0.2) is 42.8 Å². The van der Waals surface area contributed by atoms with Crippen molar-refractivity contribution in [1.29, 1.82) is 0 Å². The van der Waals surface area contributed by atoms with Gasteiger partial charge in [-0.3, -0.25) is 14.5 Å². The highest BCUT2D eigenvalue weighted by Gasteiger charge is 2.17. The standard InChI is InChI=1S/C15H20N2O2/c18-14-7-10-17(11-8-14)12-15(19)16-9-6-13-4-2-1-3-5-13/h1-5H,6-12H2,(H,16,19). The fraction of sp³-hybridized carbons (Fsp3) is 0.467. The maximum atomic E-state index is 11.7. The minimum Gasteiger partial charge on any atom is -0.355 e. The Kier molecular flexibility index (Phi) is 5.10. The van der Waals surface area contributed by atoms with Crippen LogP contribution in [0.2, 0.25) is 0 Å². The van der Waals surface area contributed by atoms with Gasteiger partial charge in [-0.15, -0.1) is 0 Å². The van der Waals surface area contributed by atoms with E-state index in [9.17, 15) is 9.59 Å². The summed E-state index contributed by atoms with van der Waals surface area (Å²) in [6, 6.07) is 10.1. The molecule has 4 nitrogen and oxygen atoms in total. The summed E-state index contributed by atoms with van der Waals surface area (Å²) >= 11 is 0. The van der Waals surface area contributed by atoms with Crippen molar-refractivity contribution in [3.05, 3.63) is 35.9 Å². The predicted molar refractivity (Wildman–Crippen MR) is 73.8 cm³/mol. The number of hydrogen-bond acceptors (Lipinski definition) is 3. The summed E-state index contributed by atoms with van der Waals surface area (Å²) in [5, 5.41) is 2.92. The maximum Gasteiger partial charge on any atom is 0.234 e. The first kappa shape index (κ1) is 13.7. The van der Waals surface area contributed by atoms with Crippen LogP contribution in [0.3, 0.4) is 0 Å². The SMILES string of the molecule is O=C1CCN(CC(=O)NCCc2ccccc2)CC1. The van der Waals surface area contributed by atoms with Crippen LogP contribution in [0, 0.1) is 0 Å². The molecule has 0 spiro atoms. The second kappa shape index (κ2) is 7.04. The number of amides is 1. The third-order valence-electron chi connectivity index (χ3n) is 3.36. The van der Waals surface area contributed by atoms with E-state index in [0.29, 0.717) is 44.8 Å². The van der Waals surface area contributed by atoms with E-state index in [1.165, 1.54) is 5.56 Å². The van der Waals surface area contributed by atoms with Crippen molar-refractivity contribution in [3.8, 4) is 0 Å². The van der Waals surface area contributed by atoms with Crippen molar-refractivity contribution in [1.82, 2.24) is 10.2 Å². The molecule has 1 aliphatic heterocycles. The average molecular weight is 260 g/mol. The van der Waals surface area contributed by atoms with Crippen molar-refractivity contribution in [3.63, 3.8) is 0 Å². The zero-order chi connectivity index (χ0) is 13.5. The molecule has 1 aliphatic rings. The van der Waals surface area contributed by atoms with E-state index in [0.717, 1.165) is 6.42 Å². The summed E-state index contributed by atoms with van der Waals surface area (Å²) in [4.78, 5) is 24.9. The molecule has 1 fully saturated rings. The number of benzene rings is 1. The Morgan fingerprint density at radius 3 is 2.53 bits per heavy atom. The van der Waals surface area contributed by atoms with Gasteiger partial charge in [0, 0.05) is 32.5 Å². The summed E-state index contributed by atoms with van der Waals surface area (Å²) < 4.78 is 0. The number of carbonyl (C=O) groups excluding carboxylic acids is 2. The Bertz CT molecular complexity index is 421. The van der Waals surface area contributed by atoms with Crippen molar-refractivity contribution in [2.45, 2.75) is 19.3 Å². The molecule has 0 aliphatic carbocycles. The van der Waals surface area contributed by atoms with Gasteiger partial charge in [0.2, 0.25) is 5.91 Å². The summed E-state index contributed by atoms with van der Waals surface area (Å²) in [5.41, 5.74) is 1.23. The number of piperidine rings is 1. The van der Waals surface area contributed by atoms with Crippen molar-refractivity contribution < 1.29 is 9.59 Å². The Morgan fingerprint density at radius 2 is 1.84 bits per heavy atom. The van der Waals surface area contributed by atoms with Gasteiger partial charge < -0.3 is 5.32 Å². The van der Waals surface area contributed by atoms with Crippen LogP contribution in [0.1, 0.15) is 18.4 Å². The van der Waals surface area contributed by atoms with E-state index in [2.05, 4.69) is 17.4 Å². The van der Waals surface area contributed by atoms with Gasteiger partial charge in [0.25, 0.3) is 0 Å². The molecule has 1 aromatic rings. The second-order valence-corrected chi connectivity index (χ2v) is 4.90. The molecular formula is C15H20N2O2. The van der Waals surface area contributed by atoms with Crippen LogP contribution in [0.15, 0.2) is 30.3 Å². The van der Waals surface area contributed by atoms with Gasteiger partial charge in [0.15, 0.2) is 0 Å². The number of ketones is 1. The van der Waals surface area contributed by atoms with Gasteiger partial charge >= 0.3 is 0 Å². The van der Waals surface area contributed by atoms with Gasteiger partial charge in [0.1, 0.15) is 5.78 Å². The zero-order valence-electron chi connectivity index (χ0n) is 11.1. The molecule has 0 bridgehead atoms. The predicted octanol–water partition coefficient (Wildman–Crippen LogP) is 1.01. The first-order chi connectivity index (χ1) is 9.24. The van der Waals surface area contributed by atoms with E-state index in [1.807, 2.05) is 23.1 Å². The molecule has 4 heteroatoms. The van der Waals surface area contributed by atoms with E-state index >= 15 is 0 Å². The Balaban J connectivity index is 1.63. The lowest BCUT2D eigenvalue weighted by atomic mass is 10.1. The van der Waals surface area contributed by atoms with Crippen molar-refractivity contribution in [2.24, 2.45) is 0 Å². The number of nitrogens with zero attached hydrogens (tertiary/aromatic N) is 1. The molecule has 1 heterocycles. The number of rotatable bonds is 5. The second-order valence-electron chi connectivity index (χ2n) is 4.90. The molecule has 2 rings (SSSR count). The van der Waals surface area contributed by atoms with Crippen LogP contribution in [0.4, 0.5) is 0 Å².